The summed E-state index contributed by atoms with van der Waals surface area (Å²) in [5, 5.41) is 2.68. The Balaban J connectivity index is 2.40. The van der Waals surface area contributed by atoms with E-state index in [0.717, 1.165) is 19.5 Å². The van der Waals surface area contributed by atoms with Gasteiger partial charge in [0.05, 0.1) is 11.4 Å². The number of benzene rings is 1. The van der Waals surface area contributed by atoms with Gasteiger partial charge in [-0.15, -0.1) is 0 Å². The van der Waals surface area contributed by atoms with Gasteiger partial charge in [0.2, 0.25) is 5.91 Å². The molecule has 1 rings (SSSR count). The minimum Gasteiger partial charge on any atom is -0.397 e. The lowest BCUT2D eigenvalue weighted by molar-refractivity contribution is -0.116. The molecule has 0 saturated carbocycles. The van der Waals surface area contributed by atoms with E-state index in [1.54, 1.807) is 0 Å². The van der Waals surface area contributed by atoms with Crippen LogP contribution in [0.4, 0.5) is 15.8 Å². The molecule has 4 nitrogen and oxygen atoms in total. The fourth-order valence-corrected chi connectivity index (χ4v) is 1.53. The Bertz CT molecular complexity index is 409. The summed E-state index contributed by atoms with van der Waals surface area (Å²) >= 11 is 0. The SMILES string of the molecule is CCN(C)CCCC(=O)Nc1ccc(F)cc1N. The molecule has 1 aromatic rings. The fourth-order valence-electron chi connectivity index (χ4n) is 1.53. The molecule has 0 aliphatic rings. The molecule has 0 aliphatic carbocycles. The van der Waals surface area contributed by atoms with Crippen molar-refractivity contribution in [2.45, 2.75) is 19.8 Å². The summed E-state index contributed by atoms with van der Waals surface area (Å²) in [4.78, 5) is 13.8. The van der Waals surface area contributed by atoms with Crippen molar-refractivity contribution in [3.63, 3.8) is 0 Å². The Morgan fingerprint density at radius 2 is 2.22 bits per heavy atom. The number of rotatable bonds is 6. The minimum absolute atomic E-state index is 0.0992. The molecule has 0 fully saturated rings. The first-order valence-electron chi connectivity index (χ1n) is 6.06. The highest BCUT2D eigenvalue weighted by molar-refractivity contribution is 5.93. The van der Waals surface area contributed by atoms with Gasteiger partial charge in [0.1, 0.15) is 5.82 Å². The number of anilines is 2. The van der Waals surface area contributed by atoms with Gasteiger partial charge in [-0.3, -0.25) is 4.79 Å². The summed E-state index contributed by atoms with van der Waals surface area (Å²) in [7, 11) is 2.01. The average molecular weight is 253 g/mol. The molecule has 0 saturated heterocycles. The van der Waals surface area contributed by atoms with Crippen LogP contribution in [-0.4, -0.2) is 30.9 Å². The first-order valence-corrected chi connectivity index (χ1v) is 6.06. The normalized spacial score (nSPS) is 10.7. The molecule has 1 aromatic carbocycles. The van der Waals surface area contributed by atoms with Crippen LogP contribution in [-0.2, 0) is 4.79 Å². The van der Waals surface area contributed by atoms with Crippen LogP contribution in [0.1, 0.15) is 19.8 Å². The zero-order valence-corrected chi connectivity index (χ0v) is 10.9. The van der Waals surface area contributed by atoms with Gasteiger partial charge in [-0.05, 0) is 44.8 Å². The van der Waals surface area contributed by atoms with E-state index in [1.165, 1.54) is 18.2 Å². The van der Waals surface area contributed by atoms with Crippen LogP contribution in [0.15, 0.2) is 18.2 Å². The molecule has 3 N–H and O–H groups in total. The molecule has 0 radical (unpaired) electrons. The van der Waals surface area contributed by atoms with Crippen molar-refractivity contribution in [2.75, 3.05) is 31.2 Å². The smallest absolute Gasteiger partial charge is 0.224 e. The lowest BCUT2D eigenvalue weighted by Crippen LogP contribution is -2.21. The molecule has 0 unspecified atom stereocenters. The quantitative estimate of drug-likeness (QED) is 0.763. The highest BCUT2D eigenvalue weighted by Crippen LogP contribution is 2.19. The molecule has 0 aliphatic heterocycles. The zero-order chi connectivity index (χ0) is 13.5. The van der Waals surface area contributed by atoms with Crippen molar-refractivity contribution in [1.29, 1.82) is 0 Å². The van der Waals surface area contributed by atoms with Gasteiger partial charge in [-0.2, -0.15) is 0 Å². The summed E-state index contributed by atoms with van der Waals surface area (Å²) in [6, 6.07) is 3.94. The number of nitrogen functional groups attached to an aromatic ring is 1. The minimum atomic E-state index is -0.407. The first kappa shape index (κ1) is 14.4. The second-order valence-electron chi connectivity index (χ2n) is 4.28. The highest BCUT2D eigenvalue weighted by atomic mass is 19.1. The maximum Gasteiger partial charge on any atom is 0.224 e. The van der Waals surface area contributed by atoms with Gasteiger partial charge in [-0.1, -0.05) is 6.92 Å². The van der Waals surface area contributed by atoms with E-state index in [2.05, 4.69) is 17.1 Å². The zero-order valence-electron chi connectivity index (χ0n) is 10.9. The summed E-state index contributed by atoms with van der Waals surface area (Å²) in [5.41, 5.74) is 6.31. The van der Waals surface area contributed by atoms with Gasteiger partial charge < -0.3 is 16.0 Å². The molecule has 0 aromatic heterocycles. The van der Waals surface area contributed by atoms with Crippen LogP contribution >= 0.6 is 0 Å². The summed E-state index contributed by atoms with van der Waals surface area (Å²) in [5.74, 6) is -0.507. The molecular weight excluding hydrogens is 233 g/mol. The van der Waals surface area contributed by atoms with Crippen molar-refractivity contribution in [1.82, 2.24) is 4.90 Å². The molecule has 0 bridgehead atoms. The number of hydrogen-bond acceptors (Lipinski definition) is 3. The molecule has 0 atom stereocenters. The predicted molar refractivity (Wildman–Crippen MR) is 71.8 cm³/mol. The van der Waals surface area contributed by atoms with E-state index >= 15 is 0 Å². The van der Waals surface area contributed by atoms with E-state index in [0.29, 0.717) is 12.1 Å². The number of carbonyl (C=O) groups excluding carboxylic acids is 1. The van der Waals surface area contributed by atoms with Crippen molar-refractivity contribution in [3.05, 3.63) is 24.0 Å². The van der Waals surface area contributed by atoms with Crippen LogP contribution < -0.4 is 11.1 Å². The predicted octanol–water partition coefficient (Wildman–Crippen LogP) is 2.08. The van der Waals surface area contributed by atoms with Crippen molar-refractivity contribution in [3.8, 4) is 0 Å². The lowest BCUT2D eigenvalue weighted by Gasteiger charge is -2.13. The number of halogens is 1. The van der Waals surface area contributed by atoms with Gasteiger partial charge in [0, 0.05) is 6.42 Å². The monoisotopic (exact) mass is 253 g/mol. The number of nitrogens with zero attached hydrogens (tertiary/aromatic N) is 1. The summed E-state index contributed by atoms with van der Waals surface area (Å²) in [6.07, 6.45) is 1.22. The van der Waals surface area contributed by atoms with Crippen molar-refractivity contribution in [2.24, 2.45) is 0 Å². The Hall–Kier alpha value is -1.62. The van der Waals surface area contributed by atoms with Crippen molar-refractivity contribution >= 4 is 17.3 Å². The topological polar surface area (TPSA) is 58.4 Å². The van der Waals surface area contributed by atoms with Crippen LogP contribution in [0.5, 0.6) is 0 Å². The molecule has 1 amide bonds. The second kappa shape index (κ2) is 6.96. The van der Waals surface area contributed by atoms with Gasteiger partial charge in [0.25, 0.3) is 0 Å². The van der Waals surface area contributed by atoms with Crippen molar-refractivity contribution < 1.29 is 9.18 Å². The van der Waals surface area contributed by atoms with E-state index in [1.807, 2.05) is 7.05 Å². The van der Waals surface area contributed by atoms with Gasteiger partial charge in [-0.25, -0.2) is 4.39 Å². The third kappa shape index (κ3) is 4.71. The fraction of sp³-hybridized carbons (Fsp3) is 0.462. The third-order valence-electron chi connectivity index (χ3n) is 2.77. The third-order valence-corrected chi connectivity index (χ3v) is 2.77. The van der Waals surface area contributed by atoms with Gasteiger partial charge >= 0.3 is 0 Å². The molecule has 0 heterocycles. The van der Waals surface area contributed by atoms with E-state index in [9.17, 15) is 9.18 Å². The second-order valence-corrected chi connectivity index (χ2v) is 4.28. The molecule has 5 heteroatoms. The maximum absolute atomic E-state index is 12.8. The van der Waals surface area contributed by atoms with E-state index in [-0.39, 0.29) is 11.6 Å². The Kier molecular flexibility index (Phi) is 5.58. The largest absolute Gasteiger partial charge is 0.397 e. The number of nitrogens with one attached hydrogen (secondary N) is 1. The molecule has 0 spiro atoms. The number of amides is 1. The van der Waals surface area contributed by atoms with Crippen LogP contribution in [0.25, 0.3) is 0 Å². The molecular formula is C13H20FN3O. The number of hydrogen-bond donors (Lipinski definition) is 2. The van der Waals surface area contributed by atoms with E-state index < -0.39 is 5.82 Å². The average Bonchev–Trinajstić information content (AvgIpc) is 2.32. The summed E-state index contributed by atoms with van der Waals surface area (Å²) < 4.78 is 12.8. The highest BCUT2D eigenvalue weighted by Gasteiger charge is 2.06. The maximum atomic E-state index is 12.8. The number of nitrogens with two attached hydrogens (primary N) is 1. The van der Waals surface area contributed by atoms with Crippen LogP contribution in [0, 0.1) is 5.82 Å². The summed E-state index contributed by atoms with van der Waals surface area (Å²) in [6.45, 7) is 3.91. The Morgan fingerprint density at radius 3 is 2.83 bits per heavy atom. The standard InChI is InChI=1S/C13H20FN3O/c1-3-17(2)8-4-5-13(18)16-12-7-6-10(14)9-11(12)15/h6-7,9H,3-5,8,15H2,1-2H3,(H,16,18). The molecule has 18 heavy (non-hydrogen) atoms. The molecule has 100 valence electrons. The van der Waals surface area contributed by atoms with Crippen LogP contribution in [0.2, 0.25) is 0 Å². The van der Waals surface area contributed by atoms with E-state index in [4.69, 9.17) is 5.73 Å². The lowest BCUT2D eigenvalue weighted by atomic mass is 10.2. The van der Waals surface area contributed by atoms with Crippen LogP contribution in [0.3, 0.4) is 0 Å². The number of carbonyl (C=O) groups is 1. The Morgan fingerprint density at radius 1 is 1.50 bits per heavy atom. The van der Waals surface area contributed by atoms with Gasteiger partial charge in [0.15, 0.2) is 0 Å². The first-order chi connectivity index (χ1) is 8.52. The Labute approximate surface area is 107 Å².